The van der Waals surface area contributed by atoms with E-state index >= 15 is 0 Å². The number of benzene rings is 1. The van der Waals surface area contributed by atoms with Gasteiger partial charge in [0.2, 0.25) is 15.8 Å². The lowest BCUT2D eigenvalue weighted by molar-refractivity contribution is 0.408. The number of nitrogens with one attached hydrogen (secondary N) is 2. The summed E-state index contributed by atoms with van der Waals surface area (Å²) in [5, 5.41) is 7.96. The van der Waals surface area contributed by atoms with Gasteiger partial charge in [-0.15, -0.1) is 0 Å². The molecule has 9 heteroatoms. The number of ether oxygens (including phenoxy) is 1. The zero-order chi connectivity index (χ0) is 15.5. The molecule has 0 atom stereocenters. The van der Waals surface area contributed by atoms with Crippen LogP contribution in [0.5, 0.6) is 5.75 Å². The second-order valence-corrected chi connectivity index (χ2v) is 5.72. The Bertz CT molecular complexity index is 784. The molecule has 1 aromatic carbocycles. The predicted molar refractivity (Wildman–Crippen MR) is 76.6 cm³/mol. The molecular weight excluding hydrogens is 296 g/mol. The molecule has 0 bridgehead atoms. The van der Waals surface area contributed by atoms with E-state index in [4.69, 9.17) is 9.88 Å². The topological polar surface area (TPSA) is 127 Å². The van der Waals surface area contributed by atoms with Gasteiger partial charge in [0, 0.05) is 6.54 Å². The molecule has 2 rings (SSSR count). The Morgan fingerprint density at radius 2 is 2.00 bits per heavy atom. The van der Waals surface area contributed by atoms with E-state index < -0.39 is 10.0 Å². The smallest absolute Gasteiger partial charge is 0.295 e. The van der Waals surface area contributed by atoms with Crippen molar-refractivity contribution in [3.8, 4) is 5.75 Å². The SMILES string of the molecule is COc1c(NCc2ccc(S(N)(=O)=O)cc2)nc[nH]c1=O. The van der Waals surface area contributed by atoms with Crippen LogP contribution in [0.4, 0.5) is 5.82 Å². The maximum Gasteiger partial charge on any atom is 0.295 e. The van der Waals surface area contributed by atoms with Crippen LogP contribution in [0.25, 0.3) is 0 Å². The third kappa shape index (κ3) is 3.58. The van der Waals surface area contributed by atoms with E-state index in [-0.39, 0.29) is 16.2 Å². The monoisotopic (exact) mass is 310 g/mol. The van der Waals surface area contributed by atoms with Crippen molar-refractivity contribution in [2.75, 3.05) is 12.4 Å². The van der Waals surface area contributed by atoms with Crippen LogP contribution in [0, 0.1) is 0 Å². The molecule has 1 heterocycles. The molecule has 0 fully saturated rings. The van der Waals surface area contributed by atoms with Gasteiger partial charge in [0.15, 0.2) is 5.82 Å². The highest BCUT2D eigenvalue weighted by molar-refractivity contribution is 7.89. The third-order valence-corrected chi connectivity index (χ3v) is 3.66. The minimum absolute atomic E-state index is 0.0399. The van der Waals surface area contributed by atoms with E-state index in [1.165, 1.54) is 25.6 Å². The summed E-state index contributed by atoms with van der Waals surface area (Å²) in [5.41, 5.74) is 0.408. The number of hydrogen-bond acceptors (Lipinski definition) is 6. The first kappa shape index (κ1) is 15.0. The summed E-state index contributed by atoms with van der Waals surface area (Å²) in [6, 6.07) is 6.06. The Labute approximate surface area is 121 Å². The number of nitrogens with two attached hydrogens (primary N) is 1. The van der Waals surface area contributed by atoms with E-state index in [9.17, 15) is 13.2 Å². The van der Waals surface area contributed by atoms with Crippen molar-refractivity contribution in [2.24, 2.45) is 5.14 Å². The van der Waals surface area contributed by atoms with Gasteiger partial charge in [-0.25, -0.2) is 18.5 Å². The van der Waals surface area contributed by atoms with E-state index in [0.29, 0.717) is 12.4 Å². The third-order valence-electron chi connectivity index (χ3n) is 2.73. The van der Waals surface area contributed by atoms with Crippen LogP contribution < -0.4 is 20.8 Å². The second-order valence-electron chi connectivity index (χ2n) is 4.16. The number of methoxy groups -OCH3 is 1. The van der Waals surface area contributed by atoms with Crippen molar-refractivity contribution >= 4 is 15.8 Å². The van der Waals surface area contributed by atoms with Crippen molar-refractivity contribution in [2.45, 2.75) is 11.4 Å². The highest BCUT2D eigenvalue weighted by Crippen LogP contribution is 2.16. The molecule has 1 aromatic heterocycles. The van der Waals surface area contributed by atoms with Gasteiger partial charge in [-0.2, -0.15) is 0 Å². The van der Waals surface area contributed by atoms with Crippen LogP contribution in [0.1, 0.15) is 5.56 Å². The van der Waals surface area contributed by atoms with Crippen LogP contribution in [0.3, 0.4) is 0 Å². The van der Waals surface area contributed by atoms with Gasteiger partial charge in [-0.3, -0.25) is 4.79 Å². The van der Waals surface area contributed by atoms with Crippen molar-refractivity contribution in [3.63, 3.8) is 0 Å². The predicted octanol–water partition coefficient (Wildman–Crippen LogP) is 0.0380. The molecule has 0 aliphatic heterocycles. The zero-order valence-electron chi connectivity index (χ0n) is 11.2. The van der Waals surface area contributed by atoms with Gasteiger partial charge in [-0.1, -0.05) is 12.1 Å². The zero-order valence-corrected chi connectivity index (χ0v) is 12.0. The van der Waals surface area contributed by atoms with Gasteiger partial charge in [0.05, 0.1) is 18.3 Å². The van der Waals surface area contributed by atoms with Crippen molar-refractivity contribution in [1.29, 1.82) is 0 Å². The van der Waals surface area contributed by atoms with Crippen LogP contribution in [0.2, 0.25) is 0 Å². The number of nitrogens with zero attached hydrogens (tertiary/aromatic N) is 1. The molecule has 0 aliphatic rings. The van der Waals surface area contributed by atoms with Gasteiger partial charge in [0.1, 0.15) is 0 Å². The molecule has 8 nitrogen and oxygen atoms in total. The number of hydrogen-bond donors (Lipinski definition) is 3. The molecule has 0 amide bonds. The van der Waals surface area contributed by atoms with E-state index in [2.05, 4.69) is 15.3 Å². The first-order valence-corrected chi connectivity index (χ1v) is 7.43. The van der Waals surface area contributed by atoms with E-state index in [1.54, 1.807) is 12.1 Å². The molecule has 112 valence electrons. The van der Waals surface area contributed by atoms with E-state index in [0.717, 1.165) is 5.56 Å². The number of anilines is 1. The summed E-state index contributed by atoms with van der Waals surface area (Å²) in [6.45, 7) is 0.345. The Morgan fingerprint density at radius 3 is 2.57 bits per heavy atom. The normalized spacial score (nSPS) is 11.1. The standard InChI is InChI=1S/C12H14N4O4S/c1-20-10-11(15-7-16-12(10)17)14-6-8-2-4-9(5-3-8)21(13,18)19/h2-5,7H,6H2,1H3,(H2,13,18,19)(H2,14,15,16,17). The molecule has 0 aliphatic carbocycles. The number of aromatic nitrogens is 2. The second kappa shape index (κ2) is 5.94. The number of sulfonamides is 1. The van der Waals surface area contributed by atoms with Gasteiger partial charge in [-0.05, 0) is 17.7 Å². The Balaban J connectivity index is 2.14. The Morgan fingerprint density at radius 1 is 1.33 bits per heavy atom. The molecule has 4 N–H and O–H groups in total. The quantitative estimate of drug-likeness (QED) is 0.715. The van der Waals surface area contributed by atoms with Gasteiger partial charge < -0.3 is 15.0 Å². The molecular formula is C12H14N4O4S. The molecule has 0 saturated carbocycles. The number of rotatable bonds is 5. The Hall–Kier alpha value is -2.39. The minimum Gasteiger partial charge on any atom is -0.489 e. The summed E-state index contributed by atoms with van der Waals surface area (Å²) in [6.07, 6.45) is 1.26. The van der Waals surface area contributed by atoms with Crippen LogP contribution in [-0.2, 0) is 16.6 Å². The van der Waals surface area contributed by atoms with E-state index in [1.807, 2.05) is 0 Å². The lowest BCUT2D eigenvalue weighted by atomic mass is 10.2. The van der Waals surface area contributed by atoms with Crippen LogP contribution >= 0.6 is 0 Å². The molecule has 0 unspecified atom stereocenters. The average molecular weight is 310 g/mol. The molecule has 0 saturated heterocycles. The largest absolute Gasteiger partial charge is 0.489 e. The molecule has 0 spiro atoms. The highest BCUT2D eigenvalue weighted by Gasteiger charge is 2.09. The summed E-state index contributed by atoms with van der Waals surface area (Å²) < 4.78 is 27.2. The summed E-state index contributed by atoms with van der Waals surface area (Å²) in [7, 11) is -2.33. The number of primary sulfonamides is 1. The fourth-order valence-electron chi connectivity index (χ4n) is 1.69. The fraction of sp³-hybridized carbons (Fsp3) is 0.167. The Kier molecular flexibility index (Phi) is 4.24. The van der Waals surface area contributed by atoms with Gasteiger partial charge in [0.25, 0.3) is 5.56 Å². The molecule has 21 heavy (non-hydrogen) atoms. The number of aromatic amines is 1. The lowest BCUT2D eigenvalue weighted by Crippen LogP contribution is -2.14. The van der Waals surface area contributed by atoms with Crippen molar-refractivity contribution in [3.05, 3.63) is 46.5 Å². The summed E-state index contributed by atoms with van der Waals surface area (Å²) in [4.78, 5) is 17.9. The number of H-pyrrole nitrogens is 1. The van der Waals surface area contributed by atoms with Crippen LogP contribution in [0.15, 0.2) is 40.3 Å². The first-order chi connectivity index (χ1) is 9.91. The first-order valence-electron chi connectivity index (χ1n) is 5.89. The maximum atomic E-state index is 11.5. The van der Waals surface area contributed by atoms with Crippen molar-refractivity contribution in [1.82, 2.24) is 9.97 Å². The summed E-state index contributed by atoms with van der Waals surface area (Å²) in [5.74, 6) is 0.385. The molecule has 2 aromatic rings. The lowest BCUT2D eigenvalue weighted by Gasteiger charge is -2.09. The minimum atomic E-state index is -3.70. The van der Waals surface area contributed by atoms with Crippen molar-refractivity contribution < 1.29 is 13.2 Å². The summed E-state index contributed by atoms with van der Waals surface area (Å²) >= 11 is 0. The average Bonchev–Trinajstić information content (AvgIpc) is 2.44. The maximum absolute atomic E-state index is 11.5. The van der Waals surface area contributed by atoms with Crippen LogP contribution in [-0.4, -0.2) is 25.5 Å². The van der Waals surface area contributed by atoms with Gasteiger partial charge >= 0.3 is 0 Å². The fourth-order valence-corrected chi connectivity index (χ4v) is 2.20. The molecule has 0 radical (unpaired) electrons. The highest BCUT2D eigenvalue weighted by atomic mass is 32.2.